The van der Waals surface area contributed by atoms with E-state index in [0.717, 1.165) is 5.56 Å². The number of hydrogen-bond acceptors (Lipinski definition) is 7. The number of nitrogens with zero attached hydrogens (tertiary/aromatic N) is 2. The zero-order chi connectivity index (χ0) is 25.8. The van der Waals surface area contributed by atoms with E-state index in [2.05, 4.69) is 15.6 Å². The average Bonchev–Trinajstić information content (AvgIpc) is 3.32. The highest BCUT2D eigenvalue weighted by atomic mass is 16.5. The zero-order valence-electron chi connectivity index (χ0n) is 20.2. The van der Waals surface area contributed by atoms with Crippen molar-refractivity contribution < 1.29 is 28.6 Å². The van der Waals surface area contributed by atoms with Crippen LogP contribution < -0.4 is 24.8 Å². The van der Waals surface area contributed by atoms with E-state index < -0.39 is 12.1 Å². The maximum atomic E-state index is 13.2. The third-order valence-corrected chi connectivity index (χ3v) is 6.24. The molecule has 0 unspecified atom stereocenters. The number of benzene rings is 2. The van der Waals surface area contributed by atoms with Crippen LogP contribution in [-0.4, -0.2) is 66.6 Å². The number of amides is 3. The van der Waals surface area contributed by atoms with Gasteiger partial charge in [-0.25, -0.2) is 0 Å². The lowest BCUT2D eigenvalue weighted by molar-refractivity contribution is -0.123. The summed E-state index contributed by atoms with van der Waals surface area (Å²) in [5.74, 6) is 0.331. The number of likely N-dealkylation sites (tertiary alicyclic amines) is 1. The highest BCUT2D eigenvalue weighted by Gasteiger charge is 2.38. The van der Waals surface area contributed by atoms with E-state index in [4.69, 9.17) is 14.2 Å². The van der Waals surface area contributed by atoms with Crippen molar-refractivity contribution in [2.75, 3.05) is 26.8 Å². The second kappa shape index (κ2) is 10.6. The number of aromatic nitrogens is 1. The third kappa shape index (κ3) is 5.48. The molecule has 0 spiro atoms. The van der Waals surface area contributed by atoms with Gasteiger partial charge in [0.2, 0.25) is 0 Å². The molecule has 2 atom stereocenters. The minimum atomic E-state index is -0.494. The molecule has 4 bridgehead atoms. The Morgan fingerprint density at radius 1 is 1.08 bits per heavy atom. The summed E-state index contributed by atoms with van der Waals surface area (Å²) in [6.45, 7) is 0.604. The summed E-state index contributed by atoms with van der Waals surface area (Å²) in [4.78, 5) is 44.4. The van der Waals surface area contributed by atoms with Crippen molar-refractivity contribution in [3.05, 3.63) is 83.7 Å². The number of rotatable bonds is 2. The number of ether oxygens (including phenoxy) is 3. The van der Waals surface area contributed by atoms with Crippen molar-refractivity contribution in [3.8, 4) is 17.2 Å². The molecule has 190 valence electrons. The highest BCUT2D eigenvalue weighted by molar-refractivity contribution is 5.96. The number of fused-ring (bicyclic) bond motifs is 7. The molecule has 3 aliphatic heterocycles. The van der Waals surface area contributed by atoms with Gasteiger partial charge in [0.05, 0.1) is 19.7 Å². The monoisotopic (exact) mass is 502 g/mol. The van der Waals surface area contributed by atoms with E-state index in [1.807, 2.05) is 12.1 Å². The molecule has 3 amide bonds. The molecular formula is C27H26N4O6. The average molecular weight is 503 g/mol. The van der Waals surface area contributed by atoms with Crippen molar-refractivity contribution in [1.82, 2.24) is 20.5 Å². The van der Waals surface area contributed by atoms with Gasteiger partial charge in [0.15, 0.2) is 18.1 Å². The lowest BCUT2D eigenvalue weighted by Gasteiger charge is -2.21. The molecule has 37 heavy (non-hydrogen) atoms. The van der Waals surface area contributed by atoms with E-state index in [1.54, 1.807) is 53.6 Å². The summed E-state index contributed by atoms with van der Waals surface area (Å²) in [5.41, 5.74) is 1.52. The number of carbonyl (C=O) groups excluding carboxylic acids is 3. The molecule has 0 saturated carbocycles. The first-order chi connectivity index (χ1) is 18.0. The Hall–Kier alpha value is -4.60. The molecular weight excluding hydrogens is 476 g/mol. The molecule has 1 aromatic heterocycles. The second-order valence-corrected chi connectivity index (χ2v) is 8.74. The lowest BCUT2D eigenvalue weighted by Crippen LogP contribution is -2.45. The van der Waals surface area contributed by atoms with Gasteiger partial charge in [-0.05, 0) is 48.0 Å². The zero-order valence-corrected chi connectivity index (χ0v) is 20.2. The van der Waals surface area contributed by atoms with Crippen LogP contribution in [0.3, 0.4) is 0 Å². The van der Waals surface area contributed by atoms with Crippen LogP contribution in [0, 0.1) is 0 Å². The summed E-state index contributed by atoms with van der Waals surface area (Å²) < 4.78 is 17.2. The fraction of sp³-hybridized carbons (Fsp3) is 0.259. The number of methoxy groups -OCH3 is 1. The normalized spacial score (nSPS) is 19.5. The van der Waals surface area contributed by atoms with Crippen LogP contribution in [0.2, 0.25) is 0 Å². The topological polar surface area (TPSA) is 119 Å². The fourth-order valence-electron chi connectivity index (χ4n) is 4.29. The molecule has 0 aliphatic carbocycles. The maximum absolute atomic E-state index is 13.2. The van der Waals surface area contributed by atoms with Gasteiger partial charge in [0.1, 0.15) is 17.5 Å². The molecule has 10 nitrogen and oxygen atoms in total. The summed E-state index contributed by atoms with van der Waals surface area (Å²) in [6, 6.07) is 16.7. The first-order valence-corrected chi connectivity index (χ1v) is 11.8. The number of nitrogens with one attached hydrogen (secondary N) is 2. The Kier molecular flexibility index (Phi) is 6.89. The number of hydrogen-bond donors (Lipinski definition) is 2. The minimum absolute atomic E-state index is 0.237. The Morgan fingerprint density at radius 2 is 1.92 bits per heavy atom. The molecule has 3 aromatic rings. The van der Waals surface area contributed by atoms with Crippen LogP contribution in [-0.2, 0) is 11.3 Å². The van der Waals surface area contributed by atoms with Gasteiger partial charge in [-0.2, -0.15) is 0 Å². The van der Waals surface area contributed by atoms with Crippen molar-refractivity contribution >= 4 is 17.7 Å². The lowest BCUT2D eigenvalue weighted by atomic mass is 10.1. The van der Waals surface area contributed by atoms with Gasteiger partial charge in [-0.15, -0.1) is 0 Å². The predicted molar refractivity (Wildman–Crippen MR) is 133 cm³/mol. The quantitative estimate of drug-likeness (QED) is 0.549. The molecule has 6 rings (SSSR count). The van der Waals surface area contributed by atoms with Crippen LogP contribution in [0.4, 0.5) is 0 Å². The van der Waals surface area contributed by atoms with Crippen LogP contribution in [0.15, 0.2) is 66.9 Å². The smallest absolute Gasteiger partial charge is 0.272 e. The van der Waals surface area contributed by atoms with Gasteiger partial charge in [0.25, 0.3) is 17.7 Å². The first kappa shape index (κ1) is 24.1. The maximum Gasteiger partial charge on any atom is 0.272 e. The Labute approximate surface area is 213 Å². The molecule has 1 fully saturated rings. The summed E-state index contributed by atoms with van der Waals surface area (Å²) in [7, 11) is 1.48. The Balaban J connectivity index is 1.45. The van der Waals surface area contributed by atoms with Crippen LogP contribution >= 0.6 is 0 Å². The number of pyridine rings is 1. The largest absolute Gasteiger partial charge is 0.493 e. The molecule has 2 aromatic carbocycles. The van der Waals surface area contributed by atoms with Gasteiger partial charge in [-0.1, -0.05) is 18.2 Å². The van der Waals surface area contributed by atoms with E-state index in [1.165, 1.54) is 13.2 Å². The summed E-state index contributed by atoms with van der Waals surface area (Å²) in [6.07, 6.45) is 1.07. The fourth-order valence-corrected chi connectivity index (χ4v) is 4.29. The van der Waals surface area contributed by atoms with Crippen molar-refractivity contribution in [2.24, 2.45) is 0 Å². The summed E-state index contributed by atoms with van der Waals surface area (Å²) in [5, 5.41) is 5.80. The Morgan fingerprint density at radius 3 is 2.68 bits per heavy atom. The van der Waals surface area contributed by atoms with Crippen LogP contribution in [0.5, 0.6) is 17.2 Å². The highest BCUT2D eigenvalue weighted by Crippen LogP contribution is 2.29. The minimum Gasteiger partial charge on any atom is -0.493 e. The van der Waals surface area contributed by atoms with E-state index >= 15 is 0 Å². The SMILES string of the molecule is COc1ccc2cc1OCC(=O)NCc1ccc(cc1)O[C@H]1CN(C(=O)c3ccccn3)C[C@@H]1NC2=O. The third-order valence-electron chi connectivity index (χ3n) is 6.24. The van der Waals surface area contributed by atoms with E-state index in [0.29, 0.717) is 29.3 Å². The molecule has 0 radical (unpaired) electrons. The van der Waals surface area contributed by atoms with Crippen LogP contribution in [0.1, 0.15) is 26.4 Å². The molecule has 10 heteroatoms. The van der Waals surface area contributed by atoms with E-state index in [-0.39, 0.29) is 43.2 Å². The van der Waals surface area contributed by atoms with Crippen LogP contribution in [0.25, 0.3) is 0 Å². The first-order valence-electron chi connectivity index (χ1n) is 11.8. The van der Waals surface area contributed by atoms with Gasteiger partial charge in [-0.3, -0.25) is 19.4 Å². The van der Waals surface area contributed by atoms with Crippen molar-refractivity contribution in [3.63, 3.8) is 0 Å². The molecule has 3 aliphatic rings. The standard InChI is InChI=1S/C27H26N4O6/c1-35-22-10-7-18-12-23(22)36-16-25(32)29-13-17-5-8-19(9-6-17)37-24-15-31(14-21(24)30-26(18)33)27(34)20-4-2-3-11-28-20/h2-12,21,24H,13-16H2,1H3,(H,29,32)(H,30,33)/t21-,24-/m0/s1. The van der Waals surface area contributed by atoms with E-state index in [9.17, 15) is 14.4 Å². The predicted octanol–water partition coefficient (Wildman–Crippen LogP) is 1.80. The van der Waals surface area contributed by atoms with Crippen molar-refractivity contribution in [2.45, 2.75) is 18.7 Å². The van der Waals surface area contributed by atoms with Gasteiger partial charge >= 0.3 is 0 Å². The second-order valence-electron chi connectivity index (χ2n) is 8.74. The van der Waals surface area contributed by atoms with Gasteiger partial charge in [0, 0.05) is 24.8 Å². The summed E-state index contributed by atoms with van der Waals surface area (Å²) >= 11 is 0. The molecule has 4 heterocycles. The van der Waals surface area contributed by atoms with Crippen molar-refractivity contribution in [1.29, 1.82) is 0 Å². The molecule has 2 N–H and O–H groups in total. The molecule has 1 saturated heterocycles. The number of carbonyl (C=O) groups is 3. The van der Waals surface area contributed by atoms with Gasteiger partial charge < -0.3 is 29.7 Å². The Bertz CT molecular complexity index is 1300.